The summed E-state index contributed by atoms with van der Waals surface area (Å²) in [6.07, 6.45) is 0.266. The largest absolute Gasteiger partial charge is 0.497 e. The van der Waals surface area contributed by atoms with Gasteiger partial charge in [0, 0.05) is 38.0 Å². The smallest absolute Gasteiger partial charge is 0.220 e. The second-order valence-corrected chi connectivity index (χ2v) is 8.02. The summed E-state index contributed by atoms with van der Waals surface area (Å²) in [6, 6.07) is 13.1. The van der Waals surface area contributed by atoms with Crippen LogP contribution in [0.1, 0.15) is 34.8 Å². The van der Waals surface area contributed by atoms with Crippen molar-refractivity contribution in [1.82, 2.24) is 10.2 Å². The van der Waals surface area contributed by atoms with Gasteiger partial charge in [0.15, 0.2) is 17.3 Å². The van der Waals surface area contributed by atoms with Gasteiger partial charge < -0.3 is 24.3 Å². The molecule has 2 aromatic rings. The molecule has 2 aliphatic rings. The summed E-state index contributed by atoms with van der Waals surface area (Å²) in [5.74, 6) is 1.77. The number of carbonyl (C=O) groups excluding carboxylic acids is 2. The van der Waals surface area contributed by atoms with E-state index in [-0.39, 0.29) is 30.6 Å². The van der Waals surface area contributed by atoms with Crippen molar-refractivity contribution in [3.05, 3.63) is 53.6 Å². The lowest BCUT2D eigenvalue weighted by atomic mass is 10.0. The molecule has 1 atom stereocenters. The van der Waals surface area contributed by atoms with E-state index in [0.717, 1.165) is 24.4 Å². The summed E-state index contributed by atoms with van der Waals surface area (Å²) >= 11 is 0. The molecule has 8 nitrogen and oxygen atoms in total. The number of Topliss-reactive ketones (excluding diaryl/α,β-unsaturated/α-hetero) is 1. The normalized spacial score (nSPS) is 16.6. The average Bonchev–Trinajstić information content (AvgIpc) is 2.88. The Morgan fingerprint density at radius 3 is 2.42 bits per heavy atom. The minimum absolute atomic E-state index is 0.0252. The van der Waals surface area contributed by atoms with Crippen LogP contribution in [0.4, 0.5) is 0 Å². The van der Waals surface area contributed by atoms with Crippen molar-refractivity contribution < 1.29 is 28.5 Å². The summed E-state index contributed by atoms with van der Waals surface area (Å²) in [6.45, 7) is 4.37. The molecular formula is C25H30N2O6. The van der Waals surface area contributed by atoms with E-state index in [9.17, 15) is 9.59 Å². The number of nitrogens with zero attached hydrogens (tertiary/aromatic N) is 1. The first-order chi connectivity index (χ1) is 16.1. The molecule has 2 aromatic carbocycles. The van der Waals surface area contributed by atoms with Crippen LogP contribution >= 0.6 is 0 Å². The molecule has 1 unspecified atom stereocenters. The summed E-state index contributed by atoms with van der Waals surface area (Å²) in [7, 11) is 1.64. The zero-order chi connectivity index (χ0) is 23.0. The Kier molecular flexibility index (Phi) is 7.80. The van der Waals surface area contributed by atoms with E-state index in [2.05, 4.69) is 10.2 Å². The van der Waals surface area contributed by atoms with Crippen LogP contribution in [0.15, 0.2) is 42.5 Å². The summed E-state index contributed by atoms with van der Waals surface area (Å²) in [5.41, 5.74) is 1.63. The molecule has 2 aliphatic heterocycles. The lowest BCUT2D eigenvalue weighted by Gasteiger charge is -2.35. The number of hydrogen-bond donors (Lipinski definition) is 1. The minimum Gasteiger partial charge on any atom is -0.497 e. The van der Waals surface area contributed by atoms with E-state index >= 15 is 0 Å². The van der Waals surface area contributed by atoms with Gasteiger partial charge in [-0.15, -0.1) is 0 Å². The Morgan fingerprint density at radius 1 is 0.970 bits per heavy atom. The van der Waals surface area contributed by atoms with Crippen molar-refractivity contribution in [1.29, 1.82) is 0 Å². The molecule has 0 spiro atoms. The Balaban J connectivity index is 1.32. The molecule has 1 saturated heterocycles. The van der Waals surface area contributed by atoms with Crippen LogP contribution in [0.2, 0.25) is 0 Å². The number of methoxy groups -OCH3 is 1. The number of hydrogen-bond acceptors (Lipinski definition) is 7. The predicted octanol–water partition coefficient (Wildman–Crippen LogP) is 2.62. The van der Waals surface area contributed by atoms with Crippen molar-refractivity contribution in [3.8, 4) is 17.2 Å². The Bertz CT molecular complexity index is 956. The Labute approximate surface area is 193 Å². The maximum Gasteiger partial charge on any atom is 0.220 e. The fourth-order valence-corrected chi connectivity index (χ4v) is 4.06. The average molecular weight is 455 g/mol. The van der Waals surface area contributed by atoms with E-state index in [1.807, 2.05) is 24.3 Å². The Hall–Kier alpha value is -3.10. The quantitative estimate of drug-likeness (QED) is 0.583. The van der Waals surface area contributed by atoms with E-state index < -0.39 is 0 Å². The molecule has 4 rings (SSSR count). The topological polar surface area (TPSA) is 86.3 Å². The molecule has 1 amide bonds. The summed E-state index contributed by atoms with van der Waals surface area (Å²) in [5, 5.41) is 3.01. The molecular weight excluding hydrogens is 424 g/mol. The molecule has 0 saturated carbocycles. The molecule has 0 aromatic heterocycles. The SMILES string of the molecule is COc1ccc(C(CNC(=O)CCC(=O)c2ccc3c(c2)OCCO3)N2CCOCC2)cc1. The molecule has 0 aliphatic carbocycles. The number of benzene rings is 2. The second kappa shape index (κ2) is 11.2. The van der Waals surface area contributed by atoms with Gasteiger partial charge in [-0.05, 0) is 35.9 Å². The highest BCUT2D eigenvalue weighted by Crippen LogP contribution is 2.31. The van der Waals surface area contributed by atoms with E-state index in [1.54, 1.807) is 25.3 Å². The van der Waals surface area contributed by atoms with Crippen LogP contribution in [0.5, 0.6) is 17.2 Å². The molecule has 176 valence electrons. The fraction of sp³-hybridized carbons (Fsp3) is 0.440. The van der Waals surface area contributed by atoms with Crippen molar-refractivity contribution in [2.75, 3.05) is 53.2 Å². The number of amides is 1. The monoisotopic (exact) mass is 454 g/mol. The van der Waals surface area contributed by atoms with E-state index in [0.29, 0.717) is 50.0 Å². The van der Waals surface area contributed by atoms with Crippen molar-refractivity contribution in [3.63, 3.8) is 0 Å². The number of ketones is 1. The van der Waals surface area contributed by atoms with Gasteiger partial charge in [-0.2, -0.15) is 0 Å². The first kappa shape index (κ1) is 23.1. The lowest BCUT2D eigenvalue weighted by molar-refractivity contribution is -0.121. The second-order valence-electron chi connectivity index (χ2n) is 8.02. The van der Waals surface area contributed by atoms with Crippen molar-refractivity contribution >= 4 is 11.7 Å². The Morgan fingerprint density at radius 2 is 1.70 bits per heavy atom. The van der Waals surface area contributed by atoms with Crippen LogP contribution in [0.3, 0.4) is 0 Å². The number of carbonyl (C=O) groups is 2. The van der Waals surface area contributed by atoms with Gasteiger partial charge in [0.1, 0.15) is 19.0 Å². The van der Waals surface area contributed by atoms with Gasteiger partial charge in [-0.25, -0.2) is 0 Å². The molecule has 1 N–H and O–H groups in total. The minimum atomic E-state index is -0.146. The lowest BCUT2D eigenvalue weighted by Crippen LogP contribution is -2.43. The third-order valence-electron chi connectivity index (χ3n) is 5.92. The highest BCUT2D eigenvalue weighted by Gasteiger charge is 2.23. The van der Waals surface area contributed by atoms with E-state index in [1.165, 1.54) is 0 Å². The first-order valence-corrected chi connectivity index (χ1v) is 11.3. The zero-order valence-electron chi connectivity index (χ0n) is 18.9. The van der Waals surface area contributed by atoms with Crippen LogP contribution in [-0.4, -0.2) is 69.8 Å². The van der Waals surface area contributed by atoms with Crippen molar-refractivity contribution in [2.24, 2.45) is 0 Å². The molecule has 1 fully saturated rings. The molecule has 8 heteroatoms. The summed E-state index contributed by atoms with van der Waals surface area (Å²) in [4.78, 5) is 27.5. The highest BCUT2D eigenvalue weighted by molar-refractivity contribution is 5.98. The maximum atomic E-state index is 12.6. The number of fused-ring (bicyclic) bond motifs is 1. The first-order valence-electron chi connectivity index (χ1n) is 11.3. The highest BCUT2D eigenvalue weighted by atomic mass is 16.6. The molecule has 0 radical (unpaired) electrons. The maximum absolute atomic E-state index is 12.6. The molecule has 33 heavy (non-hydrogen) atoms. The number of nitrogens with one attached hydrogen (secondary N) is 1. The standard InChI is InChI=1S/C25H30N2O6/c1-30-20-5-2-18(3-6-20)21(27-10-12-31-13-11-27)17-26-25(29)9-7-22(28)19-4-8-23-24(16-19)33-15-14-32-23/h2-6,8,16,21H,7,9-15,17H2,1H3,(H,26,29). The van der Waals surface area contributed by atoms with Gasteiger partial charge in [-0.1, -0.05) is 12.1 Å². The summed E-state index contributed by atoms with van der Waals surface area (Å²) < 4.78 is 21.8. The van der Waals surface area contributed by atoms with Gasteiger partial charge in [0.2, 0.25) is 5.91 Å². The van der Waals surface area contributed by atoms with Crippen LogP contribution in [-0.2, 0) is 9.53 Å². The van der Waals surface area contributed by atoms with Gasteiger partial charge in [-0.3, -0.25) is 14.5 Å². The predicted molar refractivity (Wildman–Crippen MR) is 122 cm³/mol. The third kappa shape index (κ3) is 6.03. The number of ether oxygens (including phenoxy) is 4. The van der Waals surface area contributed by atoms with E-state index in [4.69, 9.17) is 18.9 Å². The zero-order valence-corrected chi connectivity index (χ0v) is 18.9. The third-order valence-corrected chi connectivity index (χ3v) is 5.92. The van der Waals surface area contributed by atoms with Gasteiger partial charge in [0.05, 0.1) is 26.4 Å². The van der Waals surface area contributed by atoms with Crippen LogP contribution < -0.4 is 19.5 Å². The van der Waals surface area contributed by atoms with Crippen LogP contribution in [0.25, 0.3) is 0 Å². The molecule has 0 bridgehead atoms. The van der Waals surface area contributed by atoms with Gasteiger partial charge >= 0.3 is 0 Å². The number of morpholine rings is 1. The number of rotatable bonds is 9. The van der Waals surface area contributed by atoms with Crippen LogP contribution in [0, 0.1) is 0 Å². The van der Waals surface area contributed by atoms with Crippen molar-refractivity contribution in [2.45, 2.75) is 18.9 Å². The molecule has 2 heterocycles. The fourth-order valence-electron chi connectivity index (χ4n) is 4.06. The van der Waals surface area contributed by atoms with Gasteiger partial charge in [0.25, 0.3) is 0 Å².